The van der Waals surface area contributed by atoms with Gasteiger partial charge in [0, 0.05) is 69.8 Å². The topological polar surface area (TPSA) is 113 Å². The average molecular weight is 510 g/mol. The lowest BCUT2D eigenvalue weighted by Gasteiger charge is -2.34. The summed E-state index contributed by atoms with van der Waals surface area (Å²) in [5.41, 5.74) is 6.86. The lowest BCUT2D eigenvalue weighted by molar-refractivity contribution is -0.131. The molecule has 0 atom stereocenters. The van der Waals surface area contributed by atoms with Crippen LogP contribution in [0.1, 0.15) is 12.1 Å². The van der Waals surface area contributed by atoms with Crippen LogP contribution in [0.5, 0.6) is 0 Å². The Bertz CT molecular complexity index is 766. The monoisotopic (exact) mass is 510 g/mol. The molecule has 1 amide bonds. The maximum Gasteiger partial charge on any atom is 0.225 e. The molecule has 0 aliphatic carbocycles. The molecule has 0 radical (unpaired) electrons. The van der Waals surface area contributed by atoms with Gasteiger partial charge in [0.15, 0.2) is 5.96 Å². The summed E-state index contributed by atoms with van der Waals surface area (Å²) < 4.78 is 0. The molecule has 9 nitrogen and oxygen atoms in total. The number of hydrogen-bond donors (Lipinski definition) is 2. The zero-order valence-corrected chi connectivity index (χ0v) is 18.6. The van der Waals surface area contributed by atoms with Crippen LogP contribution in [0.15, 0.2) is 47.8 Å². The van der Waals surface area contributed by atoms with Crippen molar-refractivity contribution < 1.29 is 4.79 Å². The second kappa shape index (κ2) is 12.1. The highest BCUT2D eigenvalue weighted by atomic mass is 127. The molecule has 1 aliphatic heterocycles. The number of carbonyl (C=O) groups excluding carboxylic acids is 1. The van der Waals surface area contributed by atoms with E-state index in [0.29, 0.717) is 44.5 Å². The van der Waals surface area contributed by atoms with Crippen LogP contribution >= 0.6 is 24.0 Å². The number of carbonyl (C=O) groups is 1. The molecule has 156 valence electrons. The number of pyridine rings is 1. The largest absolute Gasteiger partial charge is 0.370 e. The van der Waals surface area contributed by atoms with Crippen molar-refractivity contribution in [1.82, 2.24) is 25.2 Å². The number of guanidine groups is 1. The Balaban J connectivity index is 0.00000300. The molecule has 2 aromatic rings. The highest BCUT2D eigenvalue weighted by molar-refractivity contribution is 14.0. The number of hydrogen-bond acceptors (Lipinski definition) is 6. The van der Waals surface area contributed by atoms with Gasteiger partial charge >= 0.3 is 0 Å². The summed E-state index contributed by atoms with van der Waals surface area (Å²) in [7, 11) is 0. The smallest absolute Gasteiger partial charge is 0.225 e. The molecular formula is C19H27IN8O. The zero-order chi connectivity index (χ0) is 19.6. The molecule has 0 spiro atoms. The molecule has 0 bridgehead atoms. The predicted molar refractivity (Wildman–Crippen MR) is 123 cm³/mol. The Labute approximate surface area is 187 Å². The van der Waals surface area contributed by atoms with E-state index >= 15 is 0 Å². The van der Waals surface area contributed by atoms with E-state index in [1.54, 1.807) is 24.7 Å². The van der Waals surface area contributed by atoms with Gasteiger partial charge in [-0.05, 0) is 18.2 Å². The number of nitrogens with two attached hydrogens (primary N) is 1. The third-order valence-electron chi connectivity index (χ3n) is 4.49. The van der Waals surface area contributed by atoms with E-state index in [0.717, 1.165) is 25.2 Å². The van der Waals surface area contributed by atoms with Gasteiger partial charge in [-0.1, -0.05) is 6.07 Å². The van der Waals surface area contributed by atoms with Crippen molar-refractivity contribution in [1.29, 1.82) is 0 Å². The van der Waals surface area contributed by atoms with Gasteiger partial charge in [0.1, 0.15) is 0 Å². The van der Waals surface area contributed by atoms with E-state index in [1.807, 2.05) is 23.1 Å². The number of aliphatic imine (C=N–C) groups is 1. The van der Waals surface area contributed by atoms with Crippen molar-refractivity contribution in [2.24, 2.45) is 10.7 Å². The number of nitrogens with one attached hydrogen (secondary N) is 1. The predicted octanol–water partition coefficient (Wildman–Crippen LogP) is 0.675. The maximum atomic E-state index is 12.4. The minimum absolute atomic E-state index is 0. The Morgan fingerprint density at radius 3 is 2.48 bits per heavy atom. The van der Waals surface area contributed by atoms with Crippen LogP contribution in [0.3, 0.4) is 0 Å². The van der Waals surface area contributed by atoms with Crippen LogP contribution in [-0.4, -0.2) is 71.0 Å². The SMILES string of the molecule is I.NC(=NCCC(=O)N1CCN(c2ncccn2)CC1)NCCc1ccccn1. The van der Waals surface area contributed by atoms with Crippen LogP contribution in [0, 0.1) is 0 Å². The van der Waals surface area contributed by atoms with Crippen LogP contribution in [0.25, 0.3) is 0 Å². The highest BCUT2D eigenvalue weighted by Crippen LogP contribution is 2.10. The van der Waals surface area contributed by atoms with E-state index in [-0.39, 0.29) is 29.9 Å². The lowest BCUT2D eigenvalue weighted by atomic mass is 10.3. The lowest BCUT2D eigenvalue weighted by Crippen LogP contribution is -2.49. The fourth-order valence-electron chi connectivity index (χ4n) is 2.96. The number of amides is 1. The van der Waals surface area contributed by atoms with Gasteiger partial charge in [-0.3, -0.25) is 14.8 Å². The molecule has 3 rings (SSSR count). The minimum atomic E-state index is 0. The van der Waals surface area contributed by atoms with Gasteiger partial charge in [-0.15, -0.1) is 24.0 Å². The van der Waals surface area contributed by atoms with E-state index in [1.165, 1.54) is 0 Å². The molecular weight excluding hydrogens is 483 g/mol. The summed E-state index contributed by atoms with van der Waals surface area (Å²) in [5, 5.41) is 3.05. The van der Waals surface area contributed by atoms with Crippen molar-refractivity contribution in [2.75, 3.05) is 44.2 Å². The minimum Gasteiger partial charge on any atom is -0.370 e. The molecule has 0 aromatic carbocycles. The first-order valence-corrected chi connectivity index (χ1v) is 9.46. The second-order valence-electron chi connectivity index (χ2n) is 6.43. The molecule has 29 heavy (non-hydrogen) atoms. The van der Waals surface area contributed by atoms with E-state index in [4.69, 9.17) is 5.73 Å². The zero-order valence-electron chi connectivity index (χ0n) is 16.3. The number of halogens is 1. The third kappa shape index (κ3) is 7.44. The molecule has 0 unspecified atom stereocenters. The second-order valence-corrected chi connectivity index (χ2v) is 6.43. The molecule has 0 saturated carbocycles. The highest BCUT2D eigenvalue weighted by Gasteiger charge is 2.21. The summed E-state index contributed by atoms with van der Waals surface area (Å²) in [6.45, 7) is 3.83. The van der Waals surface area contributed by atoms with Crippen LogP contribution in [-0.2, 0) is 11.2 Å². The number of aromatic nitrogens is 3. The van der Waals surface area contributed by atoms with Gasteiger partial charge in [-0.25, -0.2) is 9.97 Å². The molecule has 3 N–H and O–H groups in total. The summed E-state index contributed by atoms with van der Waals surface area (Å²) in [5.74, 6) is 1.16. The van der Waals surface area contributed by atoms with E-state index in [9.17, 15) is 4.79 Å². The van der Waals surface area contributed by atoms with Gasteiger partial charge in [-0.2, -0.15) is 0 Å². The number of anilines is 1. The molecule has 3 heterocycles. The van der Waals surface area contributed by atoms with Crippen molar-refractivity contribution in [2.45, 2.75) is 12.8 Å². The first kappa shape index (κ1) is 22.8. The Morgan fingerprint density at radius 1 is 1.07 bits per heavy atom. The molecule has 1 aliphatic rings. The molecule has 2 aromatic heterocycles. The van der Waals surface area contributed by atoms with Crippen LogP contribution in [0.2, 0.25) is 0 Å². The number of piperazine rings is 1. The van der Waals surface area contributed by atoms with Gasteiger partial charge in [0.25, 0.3) is 0 Å². The first-order chi connectivity index (χ1) is 13.7. The van der Waals surface area contributed by atoms with Crippen molar-refractivity contribution in [3.63, 3.8) is 0 Å². The van der Waals surface area contributed by atoms with Gasteiger partial charge < -0.3 is 20.9 Å². The van der Waals surface area contributed by atoms with E-state index in [2.05, 4.69) is 30.2 Å². The average Bonchev–Trinajstić information content (AvgIpc) is 2.75. The molecule has 1 saturated heterocycles. The maximum absolute atomic E-state index is 12.4. The summed E-state index contributed by atoms with van der Waals surface area (Å²) in [4.78, 5) is 33.3. The van der Waals surface area contributed by atoms with E-state index < -0.39 is 0 Å². The van der Waals surface area contributed by atoms with Crippen molar-refractivity contribution in [3.8, 4) is 0 Å². The number of nitrogens with zero attached hydrogens (tertiary/aromatic N) is 6. The fraction of sp³-hybridized carbons (Fsp3) is 0.421. The van der Waals surface area contributed by atoms with Gasteiger partial charge in [0.05, 0.1) is 6.54 Å². The van der Waals surface area contributed by atoms with Crippen molar-refractivity contribution in [3.05, 3.63) is 48.5 Å². The Morgan fingerprint density at radius 2 is 1.79 bits per heavy atom. The van der Waals surface area contributed by atoms with Crippen LogP contribution < -0.4 is 16.0 Å². The Hall–Kier alpha value is -2.50. The first-order valence-electron chi connectivity index (χ1n) is 9.46. The van der Waals surface area contributed by atoms with Crippen molar-refractivity contribution >= 4 is 41.8 Å². The van der Waals surface area contributed by atoms with Crippen LogP contribution in [0.4, 0.5) is 5.95 Å². The summed E-state index contributed by atoms with van der Waals surface area (Å²) in [6, 6.07) is 7.61. The fourth-order valence-corrected chi connectivity index (χ4v) is 2.96. The normalized spacial score (nSPS) is 14.3. The molecule has 1 fully saturated rings. The Kier molecular flexibility index (Phi) is 9.54. The quantitative estimate of drug-likeness (QED) is 0.320. The van der Waals surface area contributed by atoms with Gasteiger partial charge in [0.2, 0.25) is 11.9 Å². The summed E-state index contributed by atoms with van der Waals surface area (Å²) >= 11 is 0. The summed E-state index contributed by atoms with van der Waals surface area (Å²) in [6.07, 6.45) is 6.35. The third-order valence-corrected chi connectivity index (χ3v) is 4.49. The standard InChI is InChI=1S/C19H26N8O.HI/c20-18(22-10-5-16-4-1-2-7-21-16)23-11-6-17(28)26-12-14-27(15-13-26)19-24-8-3-9-25-19;/h1-4,7-9H,5-6,10-15H2,(H3,20,22,23);1H. The number of rotatable bonds is 7. The molecule has 10 heteroatoms.